The number of hydrogen-bond donors (Lipinski definition) is 1. The first-order chi connectivity index (χ1) is 7.99. The lowest BCUT2D eigenvalue weighted by molar-refractivity contribution is -0.384. The molecule has 0 heterocycles. The van der Waals surface area contributed by atoms with Crippen molar-refractivity contribution in [3.05, 3.63) is 27.8 Å². The van der Waals surface area contributed by atoms with E-state index >= 15 is 0 Å². The molecule has 0 aliphatic rings. The first kappa shape index (κ1) is 12.9. The number of rotatable bonds is 4. The van der Waals surface area contributed by atoms with Gasteiger partial charge >= 0.3 is 0 Å². The predicted octanol–water partition coefficient (Wildman–Crippen LogP) is 2.03. The van der Waals surface area contributed by atoms with Gasteiger partial charge in [-0.2, -0.15) is 0 Å². The number of nitro groups is 1. The molecule has 0 spiro atoms. The zero-order valence-corrected chi connectivity index (χ0v) is 9.32. The van der Waals surface area contributed by atoms with Gasteiger partial charge in [0.2, 0.25) is 5.91 Å². The van der Waals surface area contributed by atoms with Crippen molar-refractivity contribution in [3.8, 4) is 5.75 Å². The first-order valence-electron chi connectivity index (χ1n) is 4.68. The van der Waals surface area contributed by atoms with E-state index in [-0.39, 0.29) is 17.0 Å². The number of amides is 1. The van der Waals surface area contributed by atoms with Crippen molar-refractivity contribution in [1.29, 1.82) is 0 Å². The number of nitro benzene ring substituents is 1. The molecule has 0 bridgehead atoms. The maximum absolute atomic E-state index is 12.8. The Kier molecular flexibility index (Phi) is 3.97. The lowest BCUT2D eigenvalue weighted by Gasteiger charge is -2.10. The maximum Gasteiger partial charge on any atom is 0.296 e. The van der Waals surface area contributed by atoms with Gasteiger partial charge in [-0.1, -0.05) is 0 Å². The SMILES string of the molecule is COc1cc(CF)c(NC(C)=O)c([N+](=O)[O-])c1. The summed E-state index contributed by atoms with van der Waals surface area (Å²) in [5.74, 6) is -0.341. The molecule has 1 N–H and O–H groups in total. The van der Waals surface area contributed by atoms with Crippen LogP contribution in [-0.2, 0) is 11.5 Å². The Bertz CT molecular complexity index is 462. The van der Waals surface area contributed by atoms with Crippen molar-refractivity contribution < 1.29 is 18.8 Å². The fraction of sp³-hybridized carbons (Fsp3) is 0.300. The van der Waals surface area contributed by atoms with E-state index in [0.29, 0.717) is 0 Å². The molecular weight excluding hydrogens is 231 g/mol. The van der Waals surface area contributed by atoms with Gasteiger partial charge in [-0.15, -0.1) is 0 Å². The molecule has 1 aromatic carbocycles. The average Bonchev–Trinajstić information content (AvgIpc) is 2.28. The third-order valence-corrected chi connectivity index (χ3v) is 2.05. The molecule has 0 aliphatic carbocycles. The van der Waals surface area contributed by atoms with Gasteiger partial charge < -0.3 is 10.1 Å². The van der Waals surface area contributed by atoms with E-state index in [1.807, 2.05) is 0 Å². The average molecular weight is 242 g/mol. The molecule has 1 rings (SSSR count). The number of hydrogen-bond acceptors (Lipinski definition) is 4. The lowest BCUT2D eigenvalue weighted by Crippen LogP contribution is -2.10. The van der Waals surface area contributed by atoms with Gasteiger partial charge in [0.1, 0.15) is 18.1 Å². The molecule has 1 aromatic rings. The third-order valence-electron chi connectivity index (χ3n) is 2.05. The Balaban J connectivity index is 3.40. The number of nitrogens with zero attached hydrogens (tertiary/aromatic N) is 1. The maximum atomic E-state index is 12.8. The van der Waals surface area contributed by atoms with E-state index in [9.17, 15) is 19.3 Å². The van der Waals surface area contributed by atoms with E-state index in [1.54, 1.807) is 0 Å². The molecule has 0 saturated carbocycles. The second-order valence-corrected chi connectivity index (χ2v) is 3.25. The number of ether oxygens (including phenoxy) is 1. The number of methoxy groups -OCH3 is 1. The van der Waals surface area contributed by atoms with Crippen LogP contribution in [-0.4, -0.2) is 17.9 Å². The standard InChI is InChI=1S/C10H11FN2O4/c1-6(14)12-10-7(5-11)3-8(17-2)4-9(10)13(15)16/h3-4H,5H2,1-2H3,(H,12,14). The lowest BCUT2D eigenvalue weighted by atomic mass is 10.1. The molecule has 0 saturated heterocycles. The highest BCUT2D eigenvalue weighted by atomic mass is 19.1. The highest BCUT2D eigenvalue weighted by Gasteiger charge is 2.21. The Morgan fingerprint density at radius 1 is 1.59 bits per heavy atom. The Hall–Kier alpha value is -2.18. The molecular formula is C10H11FN2O4. The van der Waals surface area contributed by atoms with E-state index in [4.69, 9.17) is 4.74 Å². The molecule has 1 amide bonds. The fourth-order valence-corrected chi connectivity index (χ4v) is 1.34. The largest absolute Gasteiger partial charge is 0.496 e. The van der Waals surface area contributed by atoms with Gasteiger partial charge in [0.25, 0.3) is 5.69 Å². The minimum absolute atomic E-state index is 0.00579. The number of carbonyl (C=O) groups is 1. The van der Waals surface area contributed by atoms with Crippen LogP contribution in [0.3, 0.4) is 0 Å². The van der Waals surface area contributed by atoms with Crippen LogP contribution in [0.2, 0.25) is 0 Å². The number of halogens is 1. The molecule has 0 fully saturated rings. The second kappa shape index (κ2) is 5.24. The summed E-state index contributed by atoms with van der Waals surface area (Å²) >= 11 is 0. The monoisotopic (exact) mass is 242 g/mol. The molecule has 0 aliphatic heterocycles. The van der Waals surface area contributed by atoms with Crippen LogP contribution < -0.4 is 10.1 Å². The molecule has 6 nitrogen and oxygen atoms in total. The number of carbonyl (C=O) groups excluding carboxylic acids is 1. The van der Waals surface area contributed by atoms with Crippen molar-refractivity contribution in [1.82, 2.24) is 0 Å². The van der Waals surface area contributed by atoms with Crippen molar-refractivity contribution in [2.45, 2.75) is 13.6 Å². The molecule has 7 heteroatoms. The highest BCUT2D eigenvalue weighted by molar-refractivity contribution is 5.92. The van der Waals surface area contributed by atoms with Gasteiger partial charge in [0.05, 0.1) is 18.1 Å². The van der Waals surface area contributed by atoms with Crippen LogP contribution in [0.1, 0.15) is 12.5 Å². The normalized spacial score (nSPS) is 9.82. The summed E-state index contributed by atoms with van der Waals surface area (Å²) in [7, 11) is 1.32. The summed E-state index contributed by atoms with van der Waals surface area (Å²) in [4.78, 5) is 21.0. The quantitative estimate of drug-likeness (QED) is 0.647. The topological polar surface area (TPSA) is 81.5 Å². The number of anilines is 1. The van der Waals surface area contributed by atoms with Gasteiger partial charge in [-0.3, -0.25) is 14.9 Å². The zero-order valence-electron chi connectivity index (χ0n) is 9.32. The second-order valence-electron chi connectivity index (χ2n) is 3.25. The van der Waals surface area contributed by atoms with Crippen LogP contribution in [0.5, 0.6) is 5.75 Å². The van der Waals surface area contributed by atoms with Crippen LogP contribution in [0, 0.1) is 10.1 Å². The van der Waals surface area contributed by atoms with Crippen molar-refractivity contribution in [2.75, 3.05) is 12.4 Å². The smallest absolute Gasteiger partial charge is 0.296 e. The van der Waals surface area contributed by atoms with E-state index < -0.39 is 23.2 Å². The molecule has 17 heavy (non-hydrogen) atoms. The summed E-state index contributed by atoms with van der Waals surface area (Å²) in [6.07, 6.45) is 0. The molecule has 0 aromatic heterocycles. The summed E-state index contributed by atoms with van der Waals surface area (Å²) < 4.78 is 17.6. The Morgan fingerprint density at radius 3 is 2.65 bits per heavy atom. The van der Waals surface area contributed by atoms with Crippen LogP contribution in [0.4, 0.5) is 15.8 Å². The van der Waals surface area contributed by atoms with Crippen molar-refractivity contribution in [2.24, 2.45) is 0 Å². The molecule has 0 atom stereocenters. The van der Waals surface area contributed by atoms with Gasteiger partial charge in [-0.05, 0) is 6.07 Å². The summed E-state index contributed by atoms with van der Waals surface area (Å²) in [6.45, 7) is 0.254. The van der Waals surface area contributed by atoms with Crippen LogP contribution in [0.15, 0.2) is 12.1 Å². The van der Waals surface area contributed by atoms with Gasteiger partial charge in [-0.25, -0.2) is 4.39 Å². The van der Waals surface area contributed by atoms with Crippen LogP contribution in [0.25, 0.3) is 0 Å². The first-order valence-corrected chi connectivity index (χ1v) is 4.68. The van der Waals surface area contributed by atoms with Gasteiger partial charge in [0.15, 0.2) is 0 Å². The highest BCUT2D eigenvalue weighted by Crippen LogP contribution is 2.33. The molecule has 0 unspecified atom stereocenters. The summed E-state index contributed by atoms with van der Waals surface area (Å²) in [5.41, 5.74) is -0.524. The van der Waals surface area contributed by atoms with E-state index in [1.165, 1.54) is 20.1 Å². The van der Waals surface area contributed by atoms with E-state index in [0.717, 1.165) is 6.07 Å². The number of alkyl halides is 1. The molecule has 0 radical (unpaired) electrons. The number of nitrogens with one attached hydrogen (secondary N) is 1. The van der Waals surface area contributed by atoms with Crippen LogP contribution >= 0.6 is 0 Å². The van der Waals surface area contributed by atoms with Gasteiger partial charge in [0, 0.05) is 12.5 Å². The fourth-order valence-electron chi connectivity index (χ4n) is 1.34. The zero-order chi connectivity index (χ0) is 13.0. The minimum atomic E-state index is -0.937. The Labute approximate surface area is 96.5 Å². The van der Waals surface area contributed by atoms with E-state index in [2.05, 4.69) is 5.32 Å². The number of benzene rings is 1. The third kappa shape index (κ3) is 2.90. The summed E-state index contributed by atoms with van der Waals surface area (Å²) in [6, 6.07) is 2.43. The van der Waals surface area contributed by atoms with Crippen molar-refractivity contribution >= 4 is 17.3 Å². The summed E-state index contributed by atoms with van der Waals surface area (Å²) in [5, 5.41) is 13.1. The molecule has 92 valence electrons. The minimum Gasteiger partial charge on any atom is -0.496 e. The van der Waals surface area contributed by atoms with Crippen molar-refractivity contribution in [3.63, 3.8) is 0 Å². The Morgan fingerprint density at radius 2 is 2.24 bits per heavy atom. The predicted molar refractivity (Wildman–Crippen MR) is 58.8 cm³/mol.